The van der Waals surface area contributed by atoms with Crippen molar-refractivity contribution in [3.63, 3.8) is 0 Å². The molecule has 2 aromatic carbocycles. The lowest BCUT2D eigenvalue weighted by molar-refractivity contribution is 0.601. The van der Waals surface area contributed by atoms with Crippen LogP contribution in [0.3, 0.4) is 0 Å². The van der Waals surface area contributed by atoms with Gasteiger partial charge in [-0.25, -0.2) is 8.42 Å². The van der Waals surface area contributed by atoms with Gasteiger partial charge in [0, 0.05) is 5.69 Å². The van der Waals surface area contributed by atoms with E-state index in [4.69, 9.17) is 0 Å². The molecule has 1 aromatic heterocycles. The third-order valence-electron chi connectivity index (χ3n) is 3.69. The molecule has 0 aliphatic carbocycles. The molecule has 0 radical (unpaired) electrons. The number of aryl methyl sites for hydroxylation is 1. The highest BCUT2D eigenvalue weighted by Gasteiger charge is 2.15. The third kappa shape index (κ3) is 2.95. The predicted molar refractivity (Wildman–Crippen MR) is 91.8 cm³/mol. The number of H-pyrrole nitrogens is 2. The highest BCUT2D eigenvalue weighted by atomic mass is 32.2. The summed E-state index contributed by atoms with van der Waals surface area (Å²) >= 11 is 0. The number of hydrogen-bond acceptors (Lipinski definition) is 4. The van der Waals surface area contributed by atoms with E-state index in [2.05, 4.69) is 14.9 Å². The third-order valence-corrected chi connectivity index (χ3v) is 5.09. The summed E-state index contributed by atoms with van der Waals surface area (Å²) in [5, 5.41) is 4.72. The molecule has 0 atom stereocenters. The van der Waals surface area contributed by atoms with Crippen molar-refractivity contribution in [2.45, 2.75) is 18.2 Å². The van der Waals surface area contributed by atoms with Crippen molar-refractivity contribution in [2.24, 2.45) is 0 Å². The van der Waals surface area contributed by atoms with Crippen molar-refractivity contribution in [1.29, 1.82) is 0 Å². The molecule has 124 valence electrons. The highest BCUT2D eigenvalue weighted by Crippen LogP contribution is 2.19. The Bertz CT molecular complexity index is 1110. The summed E-state index contributed by atoms with van der Waals surface area (Å²) in [6.45, 7) is 1.98. The normalized spacial score (nSPS) is 11.5. The Kier molecular flexibility index (Phi) is 3.98. The molecule has 1 heterocycles. The summed E-state index contributed by atoms with van der Waals surface area (Å²) in [5.74, 6) is 0. The van der Waals surface area contributed by atoms with Gasteiger partial charge >= 0.3 is 0 Å². The standard InChI is InChI=1S/C16H15N3O4S/c1-2-10-3-6-12(7-4-10)24(22,23)19-11-5-8-13-14(9-11)16(21)18-17-15(13)20/h3-9,19H,2H2,1H3,(H,17,20)(H,18,21). The van der Waals surface area contributed by atoms with E-state index in [0.717, 1.165) is 12.0 Å². The summed E-state index contributed by atoms with van der Waals surface area (Å²) in [7, 11) is -3.78. The van der Waals surface area contributed by atoms with Gasteiger partial charge in [-0.2, -0.15) is 0 Å². The van der Waals surface area contributed by atoms with Gasteiger partial charge < -0.3 is 0 Å². The van der Waals surface area contributed by atoms with E-state index >= 15 is 0 Å². The number of aromatic nitrogens is 2. The predicted octanol–water partition coefficient (Wildman–Crippen LogP) is 1.58. The van der Waals surface area contributed by atoms with E-state index < -0.39 is 21.1 Å². The second-order valence-electron chi connectivity index (χ2n) is 5.27. The molecule has 0 aliphatic rings. The van der Waals surface area contributed by atoms with Crippen molar-refractivity contribution < 1.29 is 8.42 Å². The van der Waals surface area contributed by atoms with Gasteiger partial charge in [0.15, 0.2) is 0 Å². The van der Waals surface area contributed by atoms with Crippen LogP contribution < -0.4 is 15.8 Å². The second kappa shape index (κ2) is 5.97. The van der Waals surface area contributed by atoms with Gasteiger partial charge in [0.25, 0.3) is 21.1 Å². The number of aromatic amines is 2. The maximum atomic E-state index is 12.4. The Labute approximate surface area is 137 Å². The van der Waals surface area contributed by atoms with Crippen LogP contribution in [-0.2, 0) is 16.4 Å². The van der Waals surface area contributed by atoms with Crippen LogP contribution in [0.1, 0.15) is 12.5 Å². The number of sulfonamides is 1. The lowest BCUT2D eigenvalue weighted by atomic mass is 10.2. The molecule has 8 heteroatoms. The summed E-state index contributed by atoms with van der Waals surface area (Å²) in [5.41, 5.74) is 0.288. The zero-order chi connectivity index (χ0) is 17.3. The van der Waals surface area contributed by atoms with Gasteiger partial charge in [-0.1, -0.05) is 19.1 Å². The summed E-state index contributed by atoms with van der Waals surface area (Å²) < 4.78 is 27.3. The maximum absolute atomic E-state index is 12.4. The van der Waals surface area contributed by atoms with E-state index in [1.54, 1.807) is 12.1 Å². The van der Waals surface area contributed by atoms with Crippen LogP contribution in [0, 0.1) is 0 Å². The molecule has 0 fully saturated rings. The van der Waals surface area contributed by atoms with Crippen LogP contribution in [0.2, 0.25) is 0 Å². The van der Waals surface area contributed by atoms with Crippen LogP contribution >= 0.6 is 0 Å². The van der Waals surface area contributed by atoms with Crippen molar-refractivity contribution in [3.8, 4) is 0 Å². The average Bonchev–Trinajstić information content (AvgIpc) is 2.58. The van der Waals surface area contributed by atoms with Crippen molar-refractivity contribution >= 4 is 26.5 Å². The first kappa shape index (κ1) is 16.0. The largest absolute Gasteiger partial charge is 0.280 e. The quantitative estimate of drug-likeness (QED) is 0.666. The van der Waals surface area contributed by atoms with E-state index in [1.807, 2.05) is 6.92 Å². The smallest absolute Gasteiger partial charge is 0.270 e. The fourth-order valence-electron chi connectivity index (χ4n) is 2.36. The minimum Gasteiger partial charge on any atom is -0.280 e. The molecule has 0 unspecified atom stereocenters. The number of fused-ring (bicyclic) bond motifs is 1. The zero-order valence-corrected chi connectivity index (χ0v) is 13.6. The van der Waals surface area contributed by atoms with Gasteiger partial charge in [0.1, 0.15) is 0 Å². The average molecular weight is 345 g/mol. The molecule has 0 aliphatic heterocycles. The topological polar surface area (TPSA) is 112 Å². The Morgan fingerprint density at radius 2 is 1.54 bits per heavy atom. The molecule has 0 saturated carbocycles. The SMILES string of the molecule is CCc1ccc(S(=O)(=O)Nc2ccc3c(=O)[nH][nH]c(=O)c3c2)cc1. The van der Waals surface area contributed by atoms with Crippen LogP contribution in [0.15, 0.2) is 56.9 Å². The van der Waals surface area contributed by atoms with Crippen LogP contribution in [0.5, 0.6) is 0 Å². The fourth-order valence-corrected chi connectivity index (χ4v) is 3.41. The summed E-state index contributed by atoms with van der Waals surface area (Å²) in [6, 6.07) is 10.7. The first-order chi connectivity index (χ1) is 11.4. The van der Waals surface area contributed by atoms with E-state index in [9.17, 15) is 18.0 Å². The monoisotopic (exact) mass is 345 g/mol. The van der Waals surface area contributed by atoms with Gasteiger partial charge in [0.05, 0.1) is 15.7 Å². The Hall–Kier alpha value is -2.87. The zero-order valence-electron chi connectivity index (χ0n) is 12.8. The van der Waals surface area contributed by atoms with Gasteiger partial charge in [0.2, 0.25) is 0 Å². The van der Waals surface area contributed by atoms with Gasteiger partial charge in [-0.05, 0) is 42.3 Å². The molecule has 0 saturated heterocycles. The molecule has 3 rings (SSSR count). The number of hydrogen-bond donors (Lipinski definition) is 3. The van der Waals surface area contributed by atoms with E-state index in [1.165, 1.54) is 30.3 Å². The molecule has 7 nitrogen and oxygen atoms in total. The number of nitrogens with one attached hydrogen (secondary N) is 3. The minimum absolute atomic E-state index is 0.111. The summed E-state index contributed by atoms with van der Waals surface area (Å²) in [4.78, 5) is 23.6. The van der Waals surface area contributed by atoms with Crippen LogP contribution in [0.4, 0.5) is 5.69 Å². The molecule has 3 aromatic rings. The molecule has 0 amide bonds. The van der Waals surface area contributed by atoms with Crippen LogP contribution in [-0.4, -0.2) is 18.6 Å². The van der Waals surface area contributed by atoms with E-state index in [-0.39, 0.29) is 21.4 Å². The maximum Gasteiger partial charge on any atom is 0.270 e. The molecular weight excluding hydrogens is 330 g/mol. The fraction of sp³-hybridized carbons (Fsp3) is 0.125. The van der Waals surface area contributed by atoms with Crippen LogP contribution in [0.25, 0.3) is 10.8 Å². The second-order valence-corrected chi connectivity index (χ2v) is 6.95. The molecule has 0 spiro atoms. The molecule has 3 N–H and O–H groups in total. The number of rotatable bonds is 4. The first-order valence-electron chi connectivity index (χ1n) is 7.27. The number of benzene rings is 2. The number of anilines is 1. The lowest BCUT2D eigenvalue weighted by Crippen LogP contribution is -2.19. The van der Waals surface area contributed by atoms with E-state index in [0.29, 0.717) is 0 Å². The minimum atomic E-state index is -3.78. The van der Waals surface area contributed by atoms with Gasteiger partial charge in [-0.15, -0.1) is 0 Å². The van der Waals surface area contributed by atoms with Gasteiger partial charge in [-0.3, -0.25) is 24.5 Å². The Morgan fingerprint density at radius 3 is 2.17 bits per heavy atom. The Balaban J connectivity index is 2.00. The molecule has 0 bridgehead atoms. The summed E-state index contributed by atoms with van der Waals surface area (Å²) in [6.07, 6.45) is 0.815. The van der Waals surface area contributed by atoms with Crippen molar-refractivity contribution in [2.75, 3.05) is 4.72 Å². The first-order valence-corrected chi connectivity index (χ1v) is 8.75. The molecule has 24 heavy (non-hydrogen) atoms. The van der Waals surface area contributed by atoms with Crippen molar-refractivity contribution in [3.05, 3.63) is 68.7 Å². The van der Waals surface area contributed by atoms with Crippen molar-refractivity contribution in [1.82, 2.24) is 10.2 Å². The highest BCUT2D eigenvalue weighted by molar-refractivity contribution is 7.92. The molecular formula is C16H15N3O4S. The lowest BCUT2D eigenvalue weighted by Gasteiger charge is -2.09. The Morgan fingerprint density at radius 1 is 0.917 bits per heavy atom.